The molecule has 7 nitrogen and oxygen atoms in total. The quantitative estimate of drug-likeness (QED) is 0.832. The third-order valence-corrected chi connectivity index (χ3v) is 4.36. The molecule has 1 aliphatic heterocycles. The summed E-state index contributed by atoms with van der Waals surface area (Å²) in [6.45, 7) is 6.49. The Labute approximate surface area is 140 Å². The fourth-order valence-electron chi connectivity index (χ4n) is 2.91. The van der Waals surface area contributed by atoms with E-state index in [1.165, 1.54) is 0 Å². The van der Waals surface area contributed by atoms with E-state index >= 15 is 0 Å². The zero-order valence-corrected chi connectivity index (χ0v) is 13.7. The summed E-state index contributed by atoms with van der Waals surface area (Å²) < 4.78 is 5.31. The van der Waals surface area contributed by atoms with Gasteiger partial charge in [0.2, 0.25) is 5.91 Å². The number of aromatic nitrogens is 2. The molecule has 0 aliphatic carbocycles. The van der Waals surface area contributed by atoms with Crippen molar-refractivity contribution in [2.75, 3.05) is 39.4 Å². The minimum absolute atomic E-state index is 0.0899. The van der Waals surface area contributed by atoms with Gasteiger partial charge in [-0.15, -0.1) is 0 Å². The third-order valence-electron chi connectivity index (χ3n) is 4.36. The number of amides is 1. The van der Waals surface area contributed by atoms with Crippen molar-refractivity contribution in [3.8, 4) is 0 Å². The second-order valence-electron chi connectivity index (χ2n) is 5.95. The van der Waals surface area contributed by atoms with Gasteiger partial charge in [0.05, 0.1) is 30.2 Å². The topological polar surface area (TPSA) is 87.3 Å². The Hall–Kier alpha value is -2.25. The van der Waals surface area contributed by atoms with Crippen molar-refractivity contribution < 1.29 is 9.53 Å². The maximum Gasteiger partial charge on any atom is 0.272 e. The van der Waals surface area contributed by atoms with Crippen LogP contribution >= 0.6 is 0 Å². The van der Waals surface area contributed by atoms with Gasteiger partial charge in [-0.3, -0.25) is 14.5 Å². The number of carbonyl (C=O) groups excluding carboxylic acids is 1. The number of hydrogen-bond acceptors (Lipinski definition) is 5. The van der Waals surface area contributed by atoms with Gasteiger partial charge in [0.15, 0.2) is 0 Å². The Kier molecular flexibility index (Phi) is 5.22. The minimum atomic E-state index is -0.434. The summed E-state index contributed by atoms with van der Waals surface area (Å²) in [5, 5.41) is 10.8. The van der Waals surface area contributed by atoms with Crippen LogP contribution < -0.4 is 10.9 Å². The fourth-order valence-corrected chi connectivity index (χ4v) is 2.91. The average molecular weight is 330 g/mol. The second kappa shape index (κ2) is 7.55. The molecule has 0 bridgehead atoms. The van der Waals surface area contributed by atoms with Crippen LogP contribution in [-0.4, -0.2) is 60.4 Å². The lowest BCUT2D eigenvalue weighted by Gasteiger charge is -2.26. The molecule has 2 N–H and O–H groups in total. The highest BCUT2D eigenvalue weighted by Gasteiger charge is 2.20. The van der Waals surface area contributed by atoms with Crippen LogP contribution in [0.4, 0.5) is 0 Å². The first-order valence-electron chi connectivity index (χ1n) is 8.22. The predicted octanol–water partition coefficient (Wildman–Crippen LogP) is 0.475. The first kappa shape index (κ1) is 16.6. The summed E-state index contributed by atoms with van der Waals surface area (Å²) in [6.07, 6.45) is 0. The van der Waals surface area contributed by atoms with Crippen LogP contribution in [0.3, 0.4) is 0 Å². The highest BCUT2D eigenvalue weighted by Crippen LogP contribution is 2.20. The van der Waals surface area contributed by atoms with Gasteiger partial charge in [0.1, 0.15) is 0 Å². The normalized spacial score (nSPS) is 16.9. The number of ether oxygens (including phenoxy) is 1. The lowest BCUT2D eigenvalue weighted by molar-refractivity contribution is -0.122. The molecule has 1 atom stereocenters. The summed E-state index contributed by atoms with van der Waals surface area (Å²) in [5.41, 5.74) is 0.350. The van der Waals surface area contributed by atoms with Gasteiger partial charge in [0.25, 0.3) is 5.56 Å². The number of nitrogens with one attached hydrogen (secondary N) is 2. The number of fused-ring (bicyclic) bond motifs is 1. The van der Waals surface area contributed by atoms with Gasteiger partial charge >= 0.3 is 0 Å². The molecule has 1 aromatic carbocycles. The second-order valence-corrected chi connectivity index (χ2v) is 5.95. The predicted molar refractivity (Wildman–Crippen MR) is 91.0 cm³/mol. The number of hydrogen-bond donors (Lipinski definition) is 2. The Morgan fingerprint density at radius 2 is 2.04 bits per heavy atom. The molecule has 1 aromatic heterocycles. The van der Waals surface area contributed by atoms with E-state index in [2.05, 4.69) is 20.4 Å². The van der Waals surface area contributed by atoms with Crippen LogP contribution in [-0.2, 0) is 9.53 Å². The largest absolute Gasteiger partial charge is 0.379 e. The van der Waals surface area contributed by atoms with E-state index in [1.54, 1.807) is 19.1 Å². The average Bonchev–Trinajstić information content (AvgIpc) is 2.62. The summed E-state index contributed by atoms with van der Waals surface area (Å²) in [7, 11) is 0. The molecule has 2 aromatic rings. The Morgan fingerprint density at radius 3 is 2.79 bits per heavy atom. The zero-order chi connectivity index (χ0) is 16.9. The lowest BCUT2D eigenvalue weighted by atomic mass is 10.0. The number of carbonyl (C=O) groups is 1. The van der Waals surface area contributed by atoms with Gasteiger partial charge in [0, 0.05) is 31.6 Å². The molecule has 2 heterocycles. The molecule has 1 unspecified atom stereocenters. The van der Waals surface area contributed by atoms with Gasteiger partial charge in [-0.2, -0.15) is 5.10 Å². The number of rotatable bonds is 5. The van der Waals surface area contributed by atoms with E-state index in [4.69, 9.17) is 4.74 Å². The molecule has 1 saturated heterocycles. The molecule has 0 radical (unpaired) electrons. The van der Waals surface area contributed by atoms with E-state index in [0.717, 1.165) is 38.2 Å². The van der Waals surface area contributed by atoms with Crippen molar-refractivity contribution in [1.82, 2.24) is 20.4 Å². The van der Waals surface area contributed by atoms with Crippen molar-refractivity contribution >= 4 is 16.7 Å². The van der Waals surface area contributed by atoms with Crippen molar-refractivity contribution in [2.24, 2.45) is 0 Å². The first-order chi connectivity index (χ1) is 11.7. The molecule has 24 heavy (non-hydrogen) atoms. The monoisotopic (exact) mass is 330 g/mol. The molecule has 1 aliphatic rings. The molecule has 1 fully saturated rings. The van der Waals surface area contributed by atoms with Crippen LogP contribution in [0.2, 0.25) is 0 Å². The highest BCUT2D eigenvalue weighted by atomic mass is 16.5. The van der Waals surface area contributed by atoms with Crippen molar-refractivity contribution in [2.45, 2.75) is 12.8 Å². The van der Waals surface area contributed by atoms with Crippen molar-refractivity contribution in [3.05, 3.63) is 40.3 Å². The Morgan fingerprint density at radius 1 is 1.33 bits per heavy atom. The molecule has 0 saturated carbocycles. The molecule has 0 spiro atoms. The lowest BCUT2D eigenvalue weighted by Crippen LogP contribution is -2.42. The maximum atomic E-state index is 12.4. The molecule has 1 amide bonds. The van der Waals surface area contributed by atoms with Crippen LogP contribution in [0.5, 0.6) is 0 Å². The van der Waals surface area contributed by atoms with E-state index in [9.17, 15) is 9.59 Å². The molecular formula is C17H22N4O3. The Balaban J connectivity index is 1.65. The summed E-state index contributed by atoms with van der Waals surface area (Å²) >= 11 is 0. The first-order valence-corrected chi connectivity index (χ1v) is 8.22. The summed E-state index contributed by atoms with van der Waals surface area (Å²) in [5.74, 6) is -0.524. The van der Waals surface area contributed by atoms with Gasteiger partial charge in [-0.25, -0.2) is 5.10 Å². The molecule has 7 heteroatoms. The summed E-state index contributed by atoms with van der Waals surface area (Å²) in [6, 6.07) is 7.21. The Bertz CT molecular complexity index is 768. The minimum Gasteiger partial charge on any atom is -0.379 e. The van der Waals surface area contributed by atoms with Crippen molar-refractivity contribution in [1.29, 1.82) is 0 Å². The van der Waals surface area contributed by atoms with Crippen LogP contribution in [0.15, 0.2) is 29.1 Å². The highest BCUT2D eigenvalue weighted by molar-refractivity contribution is 5.90. The number of aromatic amines is 1. The zero-order valence-electron chi connectivity index (χ0n) is 13.7. The summed E-state index contributed by atoms with van der Waals surface area (Å²) in [4.78, 5) is 26.5. The SMILES string of the molecule is CC(C(=O)NCCN1CCOCC1)c1n[nH]c(=O)c2ccccc12. The molecular weight excluding hydrogens is 308 g/mol. The van der Waals surface area contributed by atoms with E-state index in [-0.39, 0.29) is 11.5 Å². The molecule has 128 valence electrons. The van der Waals surface area contributed by atoms with E-state index < -0.39 is 5.92 Å². The number of H-pyrrole nitrogens is 1. The number of benzene rings is 1. The van der Waals surface area contributed by atoms with Crippen molar-refractivity contribution in [3.63, 3.8) is 0 Å². The van der Waals surface area contributed by atoms with Gasteiger partial charge in [-0.1, -0.05) is 18.2 Å². The fraction of sp³-hybridized carbons (Fsp3) is 0.471. The maximum absolute atomic E-state index is 12.4. The van der Waals surface area contributed by atoms with Crippen LogP contribution in [0, 0.1) is 0 Å². The van der Waals surface area contributed by atoms with E-state index in [0.29, 0.717) is 17.6 Å². The van der Waals surface area contributed by atoms with Gasteiger partial charge in [-0.05, 0) is 13.0 Å². The standard InChI is InChI=1S/C17H22N4O3/c1-12(16(22)18-6-7-21-8-10-24-11-9-21)15-13-4-2-3-5-14(13)17(23)20-19-15/h2-5,12H,6-11H2,1H3,(H,18,22)(H,20,23). The number of morpholine rings is 1. The van der Waals surface area contributed by atoms with Gasteiger partial charge < -0.3 is 10.1 Å². The molecule has 3 rings (SSSR count). The number of nitrogens with zero attached hydrogens (tertiary/aromatic N) is 2. The van der Waals surface area contributed by atoms with E-state index in [1.807, 2.05) is 12.1 Å². The third kappa shape index (κ3) is 3.63. The van der Waals surface area contributed by atoms with Crippen LogP contribution in [0.1, 0.15) is 18.5 Å². The smallest absolute Gasteiger partial charge is 0.272 e. The van der Waals surface area contributed by atoms with Crippen LogP contribution in [0.25, 0.3) is 10.8 Å².